The van der Waals surface area contributed by atoms with Crippen molar-refractivity contribution in [3.63, 3.8) is 0 Å². The van der Waals surface area contributed by atoms with Crippen LogP contribution in [-0.4, -0.2) is 73.7 Å². The minimum absolute atomic E-state index is 0.0338. The minimum atomic E-state index is -0.714. The Bertz CT molecular complexity index is 1490. The lowest BCUT2D eigenvalue weighted by Gasteiger charge is -2.32. The van der Waals surface area contributed by atoms with Crippen molar-refractivity contribution in [2.24, 2.45) is 0 Å². The number of aryl methyl sites for hydroxylation is 1. The second-order valence-electron chi connectivity index (χ2n) is 9.89. The van der Waals surface area contributed by atoms with E-state index in [0.717, 1.165) is 37.9 Å². The molecule has 1 saturated heterocycles. The molecular weight excluding hydrogens is 518 g/mol. The van der Waals surface area contributed by atoms with Crippen LogP contribution in [0.4, 0.5) is 26.2 Å². The average Bonchev–Trinajstić information content (AvgIpc) is 3.33. The number of halogens is 2. The first-order valence-electron chi connectivity index (χ1n) is 13.4. The van der Waals surface area contributed by atoms with Crippen molar-refractivity contribution in [3.05, 3.63) is 65.9 Å². The number of nitrogens with zero attached hydrogens (tertiary/aromatic N) is 7. The third-order valence-corrected chi connectivity index (χ3v) is 7.26. The van der Waals surface area contributed by atoms with Gasteiger partial charge < -0.3 is 24.8 Å². The van der Waals surface area contributed by atoms with Crippen LogP contribution < -0.4 is 10.2 Å². The van der Waals surface area contributed by atoms with Crippen LogP contribution in [-0.2, 0) is 6.42 Å². The Morgan fingerprint density at radius 2 is 1.88 bits per heavy atom. The molecule has 4 aromatic rings. The number of carbonyl (C=O) groups is 1. The number of amides is 1. The molecule has 1 aromatic carbocycles. The Kier molecular flexibility index (Phi) is 8.15. The largest absolute Gasteiger partial charge is 0.396 e. The summed E-state index contributed by atoms with van der Waals surface area (Å²) >= 11 is 0. The minimum Gasteiger partial charge on any atom is -0.396 e. The third-order valence-electron chi connectivity index (χ3n) is 7.26. The number of aliphatic hydroxyl groups is 1. The van der Waals surface area contributed by atoms with Crippen molar-refractivity contribution in [2.45, 2.75) is 38.6 Å². The summed E-state index contributed by atoms with van der Waals surface area (Å²) in [5.74, 6) is -0.766. The topological polar surface area (TPSA) is 112 Å². The maximum atomic E-state index is 15.3. The number of rotatable bonds is 9. The van der Waals surface area contributed by atoms with E-state index in [1.165, 1.54) is 29.6 Å². The highest BCUT2D eigenvalue weighted by Crippen LogP contribution is 2.33. The zero-order valence-electron chi connectivity index (χ0n) is 22.5. The Labute approximate surface area is 230 Å². The molecule has 12 heteroatoms. The van der Waals surface area contributed by atoms with Crippen LogP contribution in [0.1, 0.15) is 48.1 Å². The summed E-state index contributed by atoms with van der Waals surface area (Å²) in [4.78, 5) is 33.6. The summed E-state index contributed by atoms with van der Waals surface area (Å²) in [6.45, 7) is 3.77. The summed E-state index contributed by atoms with van der Waals surface area (Å²) in [7, 11) is 1.55. The lowest BCUT2D eigenvalue weighted by atomic mass is 10.1. The van der Waals surface area contributed by atoms with Crippen molar-refractivity contribution >= 4 is 34.4 Å². The standard InChI is InChI=1S/C28H32F2N8O2/c1-3-18-14-31-28(32-15-18)37-10-7-20(8-11-37)38-16-23(30)24-25(33-17-34-26(24)38)35-19-5-6-21(22(29)13-19)27(40)36(2)9-4-12-39/h5-6,13-17,20,39H,3-4,7-12H2,1-2H3,(H,33,34,35). The van der Waals surface area contributed by atoms with Gasteiger partial charge in [0.15, 0.2) is 5.82 Å². The van der Waals surface area contributed by atoms with Gasteiger partial charge in [0.1, 0.15) is 23.6 Å². The molecule has 0 spiro atoms. The average molecular weight is 551 g/mol. The summed E-state index contributed by atoms with van der Waals surface area (Å²) < 4.78 is 32.0. The number of carbonyl (C=O) groups excluding carboxylic acids is 1. The van der Waals surface area contributed by atoms with E-state index in [-0.39, 0.29) is 29.4 Å². The molecule has 0 atom stereocenters. The summed E-state index contributed by atoms with van der Waals surface area (Å²) in [6.07, 6.45) is 9.32. The quantitative estimate of drug-likeness (QED) is 0.320. The van der Waals surface area contributed by atoms with Gasteiger partial charge in [-0.3, -0.25) is 4.79 Å². The number of piperidine rings is 1. The van der Waals surface area contributed by atoms with Gasteiger partial charge in [0, 0.05) is 63.6 Å². The molecule has 210 valence electrons. The van der Waals surface area contributed by atoms with Crippen LogP contribution in [0.25, 0.3) is 11.0 Å². The molecule has 0 unspecified atom stereocenters. The Hall–Kier alpha value is -4.19. The van der Waals surface area contributed by atoms with E-state index in [1.807, 2.05) is 17.0 Å². The Morgan fingerprint density at radius 1 is 1.12 bits per heavy atom. The fourth-order valence-corrected chi connectivity index (χ4v) is 4.97. The van der Waals surface area contributed by atoms with Crippen molar-refractivity contribution in [1.82, 2.24) is 29.4 Å². The first-order valence-corrected chi connectivity index (χ1v) is 13.4. The third kappa shape index (κ3) is 5.57. The van der Waals surface area contributed by atoms with Gasteiger partial charge in [-0.25, -0.2) is 28.7 Å². The normalized spacial score (nSPS) is 14.1. The molecule has 0 radical (unpaired) electrons. The van der Waals surface area contributed by atoms with Gasteiger partial charge in [-0.2, -0.15) is 0 Å². The number of aromatic nitrogens is 5. The van der Waals surface area contributed by atoms with Crippen molar-refractivity contribution in [3.8, 4) is 0 Å². The molecule has 10 nitrogen and oxygen atoms in total. The first kappa shape index (κ1) is 27.4. The zero-order chi connectivity index (χ0) is 28.2. The zero-order valence-corrected chi connectivity index (χ0v) is 22.5. The predicted octanol–water partition coefficient (Wildman–Crippen LogP) is 4.10. The Morgan fingerprint density at radius 3 is 2.55 bits per heavy atom. The van der Waals surface area contributed by atoms with E-state index in [9.17, 15) is 9.18 Å². The predicted molar refractivity (Wildman–Crippen MR) is 148 cm³/mol. The number of hydrogen-bond acceptors (Lipinski definition) is 8. The molecule has 1 aliphatic heterocycles. The number of hydrogen-bond donors (Lipinski definition) is 2. The van der Waals surface area contributed by atoms with E-state index in [0.29, 0.717) is 30.2 Å². The van der Waals surface area contributed by atoms with E-state index in [4.69, 9.17) is 5.11 Å². The SMILES string of the molecule is CCc1cnc(N2CCC(n3cc(F)c4c(Nc5ccc(C(=O)N(C)CCCO)c(F)c5)ncnc43)CC2)nc1. The fraction of sp³-hybridized carbons (Fsp3) is 0.393. The van der Waals surface area contributed by atoms with Crippen LogP contribution in [0.2, 0.25) is 0 Å². The molecule has 0 saturated carbocycles. The van der Waals surface area contributed by atoms with Crippen molar-refractivity contribution in [2.75, 3.05) is 43.5 Å². The molecule has 1 fully saturated rings. The monoisotopic (exact) mass is 550 g/mol. The van der Waals surface area contributed by atoms with Gasteiger partial charge >= 0.3 is 0 Å². The van der Waals surface area contributed by atoms with Gasteiger partial charge in [-0.05, 0) is 49.4 Å². The molecule has 40 heavy (non-hydrogen) atoms. The van der Waals surface area contributed by atoms with Gasteiger partial charge in [-0.1, -0.05) is 6.92 Å². The van der Waals surface area contributed by atoms with Crippen molar-refractivity contribution in [1.29, 1.82) is 0 Å². The molecule has 0 bridgehead atoms. The smallest absolute Gasteiger partial charge is 0.256 e. The molecule has 1 aliphatic rings. The second kappa shape index (κ2) is 11.9. The lowest BCUT2D eigenvalue weighted by Crippen LogP contribution is -2.35. The molecule has 1 amide bonds. The number of anilines is 3. The van der Waals surface area contributed by atoms with Crippen LogP contribution in [0.15, 0.2) is 43.1 Å². The molecule has 4 heterocycles. The highest BCUT2D eigenvalue weighted by molar-refractivity contribution is 5.95. The maximum Gasteiger partial charge on any atom is 0.256 e. The highest BCUT2D eigenvalue weighted by atomic mass is 19.1. The van der Waals surface area contributed by atoms with Crippen LogP contribution in [0.5, 0.6) is 0 Å². The maximum absolute atomic E-state index is 15.3. The van der Waals surface area contributed by atoms with Gasteiger partial charge in [0.2, 0.25) is 5.95 Å². The van der Waals surface area contributed by atoms with E-state index in [1.54, 1.807) is 13.1 Å². The second-order valence-corrected chi connectivity index (χ2v) is 9.89. The van der Waals surface area contributed by atoms with E-state index < -0.39 is 17.5 Å². The summed E-state index contributed by atoms with van der Waals surface area (Å²) in [6, 6.07) is 4.14. The molecule has 2 N–H and O–H groups in total. The van der Waals surface area contributed by atoms with Crippen LogP contribution in [0, 0.1) is 11.6 Å². The van der Waals surface area contributed by atoms with Crippen LogP contribution >= 0.6 is 0 Å². The van der Waals surface area contributed by atoms with Gasteiger partial charge in [-0.15, -0.1) is 0 Å². The molecule has 0 aliphatic carbocycles. The first-order chi connectivity index (χ1) is 19.4. The number of benzene rings is 1. The lowest BCUT2D eigenvalue weighted by molar-refractivity contribution is 0.0781. The highest BCUT2D eigenvalue weighted by Gasteiger charge is 2.26. The molecular formula is C28H32F2N8O2. The Balaban J connectivity index is 1.32. The summed E-state index contributed by atoms with van der Waals surface area (Å²) in [5, 5.41) is 12.2. The number of fused-ring (bicyclic) bond motifs is 1. The van der Waals surface area contributed by atoms with Crippen LogP contribution in [0.3, 0.4) is 0 Å². The van der Waals surface area contributed by atoms with E-state index >= 15 is 4.39 Å². The van der Waals surface area contributed by atoms with E-state index in [2.05, 4.69) is 37.1 Å². The fourth-order valence-electron chi connectivity index (χ4n) is 4.97. The summed E-state index contributed by atoms with van der Waals surface area (Å²) in [5.41, 5.74) is 1.77. The van der Waals surface area contributed by atoms with Gasteiger partial charge in [0.05, 0.1) is 10.9 Å². The van der Waals surface area contributed by atoms with Crippen molar-refractivity contribution < 1.29 is 18.7 Å². The number of aliphatic hydroxyl groups excluding tert-OH is 1. The molecule has 5 rings (SSSR count). The molecule has 3 aromatic heterocycles. The van der Waals surface area contributed by atoms with Gasteiger partial charge in [0.25, 0.3) is 5.91 Å². The number of nitrogens with one attached hydrogen (secondary N) is 1.